The topological polar surface area (TPSA) is 94.2 Å². The number of benzene rings is 3. The molecule has 1 aliphatic heterocycles. The molecule has 4 rings (SSSR count). The van der Waals surface area contributed by atoms with Crippen molar-refractivity contribution in [1.29, 1.82) is 0 Å². The van der Waals surface area contributed by atoms with Gasteiger partial charge >= 0.3 is 0 Å². The van der Waals surface area contributed by atoms with E-state index in [2.05, 4.69) is 5.32 Å². The molecule has 3 aromatic carbocycles. The quantitative estimate of drug-likeness (QED) is 0.569. The van der Waals surface area contributed by atoms with Gasteiger partial charge in [0, 0.05) is 17.8 Å². The molecule has 1 aliphatic rings. The zero-order valence-corrected chi connectivity index (χ0v) is 19.1. The summed E-state index contributed by atoms with van der Waals surface area (Å²) in [6.07, 6.45) is 0. The van der Waals surface area contributed by atoms with Crippen molar-refractivity contribution in [2.24, 2.45) is 0 Å². The van der Waals surface area contributed by atoms with Crippen molar-refractivity contribution in [3.8, 4) is 17.2 Å². The Morgan fingerprint density at radius 2 is 1.73 bits per heavy atom. The summed E-state index contributed by atoms with van der Waals surface area (Å²) in [6.45, 7) is 2.32. The number of nitrogens with zero attached hydrogens (tertiary/aromatic N) is 1. The monoisotopic (exact) mass is 468 g/mol. The molecule has 0 bridgehead atoms. The minimum Gasteiger partial charge on any atom is -0.497 e. The van der Waals surface area contributed by atoms with E-state index < -0.39 is 22.5 Å². The molecule has 0 aliphatic carbocycles. The van der Waals surface area contributed by atoms with E-state index in [1.807, 2.05) is 6.92 Å². The number of ether oxygens (including phenoxy) is 3. The number of hydrogen-bond acceptors (Lipinski definition) is 6. The fraction of sp³-hybridized carbons (Fsp3) is 0.208. The van der Waals surface area contributed by atoms with Gasteiger partial charge in [-0.1, -0.05) is 23.8 Å². The molecule has 8 nitrogen and oxygen atoms in total. The summed E-state index contributed by atoms with van der Waals surface area (Å²) in [4.78, 5) is 13.0. The Kier molecular flexibility index (Phi) is 6.41. The van der Waals surface area contributed by atoms with Crippen LogP contribution >= 0.6 is 0 Å². The summed E-state index contributed by atoms with van der Waals surface area (Å²) < 4.78 is 44.3. The Labute approximate surface area is 192 Å². The first-order chi connectivity index (χ1) is 15.9. The number of nitrogens with one attached hydrogen (secondary N) is 1. The summed E-state index contributed by atoms with van der Waals surface area (Å²) in [7, 11) is -2.53. The van der Waals surface area contributed by atoms with Gasteiger partial charge in [0.1, 0.15) is 25.5 Å². The smallest absolute Gasteiger partial charge is 0.264 e. The van der Waals surface area contributed by atoms with Crippen molar-refractivity contribution in [3.63, 3.8) is 0 Å². The van der Waals surface area contributed by atoms with E-state index in [-0.39, 0.29) is 4.90 Å². The molecule has 0 saturated heterocycles. The fourth-order valence-corrected chi connectivity index (χ4v) is 4.78. The second-order valence-electron chi connectivity index (χ2n) is 7.43. The minimum absolute atomic E-state index is 0.0862. The third kappa shape index (κ3) is 5.04. The number of rotatable bonds is 7. The number of carbonyl (C=O) groups excluding carboxylic acids is 1. The number of amides is 1. The van der Waals surface area contributed by atoms with Crippen molar-refractivity contribution >= 4 is 27.3 Å². The minimum atomic E-state index is -4.03. The van der Waals surface area contributed by atoms with E-state index in [0.717, 1.165) is 9.87 Å². The molecule has 0 radical (unpaired) electrons. The van der Waals surface area contributed by atoms with Gasteiger partial charge in [-0.15, -0.1) is 0 Å². The van der Waals surface area contributed by atoms with Crippen LogP contribution in [0.3, 0.4) is 0 Å². The summed E-state index contributed by atoms with van der Waals surface area (Å²) in [5.74, 6) is 1.09. The van der Waals surface area contributed by atoms with E-state index in [1.54, 1.807) is 54.6 Å². The van der Waals surface area contributed by atoms with Crippen molar-refractivity contribution in [2.45, 2.75) is 11.8 Å². The number of methoxy groups -OCH3 is 1. The summed E-state index contributed by atoms with van der Waals surface area (Å²) in [5.41, 5.74) is 1.72. The molecule has 9 heteroatoms. The molecule has 0 aromatic heterocycles. The van der Waals surface area contributed by atoms with E-state index in [4.69, 9.17) is 14.2 Å². The van der Waals surface area contributed by atoms with Crippen LogP contribution in [0.1, 0.15) is 5.56 Å². The lowest BCUT2D eigenvalue weighted by molar-refractivity contribution is -0.114. The number of hydrogen-bond donors (Lipinski definition) is 1. The second kappa shape index (κ2) is 9.41. The predicted octanol–water partition coefficient (Wildman–Crippen LogP) is 3.61. The summed E-state index contributed by atoms with van der Waals surface area (Å²) >= 11 is 0. The lowest BCUT2D eigenvalue weighted by atomic mass is 10.2. The zero-order valence-electron chi connectivity index (χ0n) is 18.3. The highest BCUT2D eigenvalue weighted by Gasteiger charge is 2.28. The third-order valence-electron chi connectivity index (χ3n) is 5.06. The largest absolute Gasteiger partial charge is 0.497 e. The van der Waals surface area contributed by atoms with Crippen molar-refractivity contribution in [2.75, 3.05) is 36.5 Å². The normalized spacial score (nSPS) is 12.7. The first-order valence-electron chi connectivity index (χ1n) is 10.3. The SMILES string of the molecule is COc1cccc(N(CC(=O)Nc2ccc3c(c2)OCCO3)S(=O)(=O)c2ccc(C)cc2)c1. The van der Waals surface area contributed by atoms with Crippen LogP contribution in [0.15, 0.2) is 71.6 Å². The molecule has 1 N–H and O–H groups in total. The van der Waals surface area contributed by atoms with Gasteiger partial charge in [-0.25, -0.2) is 8.42 Å². The van der Waals surface area contributed by atoms with Gasteiger partial charge in [0.25, 0.3) is 10.0 Å². The molecule has 0 spiro atoms. The van der Waals surface area contributed by atoms with Gasteiger partial charge in [-0.2, -0.15) is 0 Å². The Morgan fingerprint density at radius 3 is 2.45 bits per heavy atom. The average molecular weight is 469 g/mol. The Balaban J connectivity index is 1.63. The van der Waals surface area contributed by atoms with Gasteiger partial charge in [-0.3, -0.25) is 9.10 Å². The zero-order chi connectivity index (χ0) is 23.4. The Bertz CT molecular complexity index is 1260. The first kappa shape index (κ1) is 22.5. The fourth-order valence-electron chi connectivity index (χ4n) is 3.37. The highest BCUT2D eigenvalue weighted by atomic mass is 32.2. The molecular weight excluding hydrogens is 444 g/mol. The maximum Gasteiger partial charge on any atom is 0.264 e. The van der Waals surface area contributed by atoms with Crippen molar-refractivity contribution in [3.05, 3.63) is 72.3 Å². The molecular formula is C24H24N2O6S. The lowest BCUT2D eigenvalue weighted by Gasteiger charge is -2.25. The predicted molar refractivity (Wildman–Crippen MR) is 125 cm³/mol. The highest BCUT2D eigenvalue weighted by Crippen LogP contribution is 2.33. The van der Waals surface area contributed by atoms with Crippen LogP contribution in [-0.2, 0) is 14.8 Å². The molecule has 3 aromatic rings. The van der Waals surface area contributed by atoms with Gasteiger partial charge in [-0.05, 0) is 43.3 Å². The molecule has 1 heterocycles. The number of fused-ring (bicyclic) bond motifs is 1. The standard InChI is InChI=1S/C24H24N2O6S/c1-17-6-9-21(10-7-17)33(28,29)26(19-4-3-5-20(15-19)30-2)16-24(27)25-18-8-11-22-23(14-18)32-13-12-31-22/h3-11,14-15H,12-13,16H2,1-2H3,(H,25,27). The highest BCUT2D eigenvalue weighted by molar-refractivity contribution is 7.92. The number of carbonyl (C=O) groups is 1. The van der Waals surface area contributed by atoms with E-state index in [1.165, 1.54) is 19.2 Å². The Hall–Kier alpha value is -3.72. The van der Waals surface area contributed by atoms with Crippen LogP contribution in [0.4, 0.5) is 11.4 Å². The number of anilines is 2. The van der Waals surface area contributed by atoms with Gasteiger partial charge in [0.15, 0.2) is 11.5 Å². The van der Waals surface area contributed by atoms with E-state index >= 15 is 0 Å². The Morgan fingerprint density at radius 1 is 1.00 bits per heavy atom. The van der Waals surface area contributed by atoms with Gasteiger partial charge in [0.2, 0.25) is 5.91 Å². The van der Waals surface area contributed by atoms with Crippen LogP contribution in [0.5, 0.6) is 17.2 Å². The van der Waals surface area contributed by atoms with Crippen LogP contribution in [-0.4, -0.2) is 41.2 Å². The summed E-state index contributed by atoms with van der Waals surface area (Å²) in [6, 6.07) is 18.1. The summed E-state index contributed by atoms with van der Waals surface area (Å²) in [5, 5.41) is 2.74. The maximum absolute atomic E-state index is 13.5. The van der Waals surface area contributed by atoms with E-state index in [9.17, 15) is 13.2 Å². The molecule has 172 valence electrons. The van der Waals surface area contributed by atoms with E-state index in [0.29, 0.717) is 41.8 Å². The van der Waals surface area contributed by atoms with Crippen LogP contribution < -0.4 is 23.8 Å². The van der Waals surface area contributed by atoms with Crippen LogP contribution in [0.2, 0.25) is 0 Å². The average Bonchev–Trinajstić information content (AvgIpc) is 2.82. The number of aryl methyl sites for hydroxylation is 1. The first-order valence-corrected chi connectivity index (χ1v) is 11.7. The van der Waals surface area contributed by atoms with Crippen LogP contribution in [0.25, 0.3) is 0 Å². The molecule has 0 fully saturated rings. The molecule has 0 atom stereocenters. The third-order valence-corrected chi connectivity index (χ3v) is 6.85. The maximum atomic E-state index is 13.5. The molecule has 0 unspecified atom stereocenters. The lowest BCUT2D eigenvalue weighted by Crippen LogP contribution is -2.38. The number of sulfonamides is 1. The second-order valence-corrected chi connectivity index (χ2v) is 9.30. The molecule has 0 saturated carbocycles. The molecule has 1 amide bonds. The van der Waals surface area contributed by atoms with Crippen molar-refractivity contribution in [1.82, 2.24) is 0 Å². The molecule has 33 heavy (non-hydrogen) atoms. The van der Waals surface area contributed by atoms with Crippen LogP contribution in [0, 0.1) is 6.92 Å². The van der Waals surface area contributed by atoms with Crippen molar-refractivity contribution < 1.29 is 27.4 Å². The van der Waals surface area contributed by atoms with Gasteiger partial charge < -0.3 is 19.5 Å². The van der Waals surface area contributed by atoms with Gasteiger partial charge in [0.05, 0.1) is 17.7 Å².